The zero-order valence-electron chi connectivity index (χ0n) is 12.7. The molecular formula is C14H25N3O5. The number of aliphatic carboxylic acids is 1. The molecule has 0 radical (unpaired) electrons. The third kappa shape index (κ3) is 5.27. The van der Waals surface area contributed by atoms with Gasteiger partial charge in [0.25, 0.3) is 0 Å². The fraction of sp³-hybridized carbons (Fsp3) is 0.786. The zero-order valence-corrected chi connectivity index (χ0v) is 12.7. The van der Waals surface area contributed by atoms with Gasteiger partial charge >= 0.3 is 5.97 Å². The van der Waals surface area contributed by atoms with Gasteiger partial charge in [0, 0.05) is 0 Å². The fourth-order valence-corrected chi connectivity index (χ4v) is 2.60. The number of nitrogens with one attached hydrogen (secondary N) is 2. The van der Waals surface area contributed by atoms with E-state index < -0.39 is 42.5 Å². The molecule has 0 aliphatic heterocycles. The molecule has 2 amide bonds. The number of nitrogens with two attached hydrogens (primary N) is 1. The summed E-state index contributed by atoms with van der Waals surface area (Å²) in [6.45, 7) is 0.824. The van der Waals surface area contributed by atoms with Gasteiger partial charge in [-0.3, -0.25) is 9.59 Å². The van der Waals surface area contributed by atoms with Crippen LogP contribution in [0.4, 0.5) is 0 Å². The molecule has 0 heterocycles. The molecule has 0 aromatic heterocycles. The van der Waals surface area contributed by atoms with Crippen molar-refractivity contribution >= 4 is 17.8 Å². The van der Waals surface area contributed by atoms with Gasteiger partial charge in [-0.1, -0.05) is 19.3 Å². The van der Waals surface area contributed by atoms with Gasteiger partial charge in [-0.05, 0) is 25.7 Å². The van der Waals surface area contributed by atoms with E-state index in [4.69, 9.17) is 5.73 Å². The van der Waals surface area contributed by atoms with Crippen molar-refractivity contribution < 1.29 is 24.6 Å². The van der Waals surface area contributed by atoms with E-state index in [0.29, 0.717) is 0 Å². The van der Waals surface area contributed by atoms with Crippen LogP contribution in [-0.2, 0) is 14.4 Å². The first-order valence-electron chi connectivity index (χ1n) is 7.56. The maximum absolute atomic E-state index is 12.1. The highest BCUT2D eigenvalue weighted by Gasteiger charge is 2.33. The number of rotatable bonds is 7. The number of carbonyl (C=O) groups is 3. The summed E-state index contributed by atoms with van der Waals surface area (Å²) < 4.78 is 0. The quantitative estimate of drug-likeness (QED) is 0.406. The minimum Gasteiger partial charge on any atom is -0.480 e. The predicted molar refractivity (Wildman–Crippen MR) is 78.8 cm³/mol. The third-order valence-electron chi connectivity index (χ3n) is 3.91. The Morgan fingerprint density at radius 1 is 1.14 bits per heavy atom. The first kappa shape index (κ1) is 18.4. The Balaban J connectivity index is 2.67. The Kier molecular flexibility index (Phi) is 7.26. The maximum atomic E-state index is 12.1. The first-order chi connectivity index (χ1) is 10.4. The molecule has 0 bridgehead atoms. The number of carbonyl (C=O) groups excluding carboxylic acids is 2. The van der Waals surface area contributed by atoms with E-state index in [1.807, 2.05) is 0 Å². The van der Waals surface area contributed by atoms with E-state index in [0.717, 1.165) is 32.1 Å². The van der Waals surface area contributed by atoms with Crippen molar-refractivity contribution in [2.75, 3.05) is 6.61 Å². The molecule has 8 nitrogen and oxygen atoms in total. The van der Waals surface area contributed by atoms with E-state index in [1.54, 1.807) is 0 Å². The molecular weight excluding hydrogens is 290 g/mol. The largest absolute Gasteiger partial charge is 0.480 e. The van der Waals surface area contributed by atoms with Crippen molar-refractivity contribution in [3.8, 4) is 0 Å². The minimum absolute atomic E-state index is 0.126. The lowest BCUT2D eigenvalue weighted by atomic mass is 9.84. The van der Waals surface area contributed by atoms with Crippen LogP contribution in [0.2, 0.25) is 0 Å². The van der Waals surface area contributed by atoms with Gasteiger partial charge in [0.2, 0.25) is 11.8 Å². The summed E-state index contributed by atoms with van der Waals surface area (Å²) >= 11 is 0. The van der Waals surface area contributed by atoms with E-state index >= 15 is 0 Å². The molecule has 1 aliphatic carbocycles. The summed E-state index contributed by atoms with van der Waals surface area (Å²) in [5.41, 5.74) is 5.39. The van der Waals surface area contributed by atoms with Crippen LogP contribution in [0.5, 0.6) is 0 Å². The maximum Gasteiger partial charge on any atom is 0.326 e. The van der Waals surface area contributed by atoms with Gasteiger partial charge in [-0.15, -0.1) is 0 Å². The van der Waals surface area contributed by atoms with Crippen molar-refractivity contribution in [1.29, 1.82) is 0 Å². The van der Waals surface area contributed by atoms with Crippen molar-refractivity contribution in [2.45, 2.75) is 57.2 Å². The van der Waals surface area contributed by atoms with E-state index in [9.17, 15) is 24.6 Å². The molecule has 0 unspecified atom stereocenters. The lowest BCUT2D eigenvalue weighted by Crippen LogP contribution is -2.56. The first-order valence-corrected chi connectivity index (χ1v) is 7.56. The summed E-state index contributed by atoms with van der Waals surface area (Å²) in [7, 11) is 0. The molecule has 1 fully saturated rings. The molecule has 0 aromatic carbocycles. The normalized spacial score (nSPS) is 19.8. The summed E-state index contributed by atoms with van der Waals surface area (Å²) in [6, 6.07) is -3.03. The number of hydrogen-bond donors (Lipinski definition) is 5. The smallest absolute Gasteiger partial charge is 0.326 e. The standard InChI is InChI=1S/C14H25N3O5/c1-8(15)12(19)16-10(7-18)13(20)17-11(14(21)22)9-5-3-2-4-6-9/h8-11,18H,2-7,15H2,1H3,(H,16,19)(H,17,20)(H,21,22)/t8-,10-,11-/m0/s1. The Morgan fingerprint density at radius 2 is 1.73 bits per heavy atom. The number of carboxylic acid groups (broad SMARTS) is 1. The highest BCUT2D eigenvalue weighted by Crippen LogP contribution is 2.26. The van der Waals surface area contributed by atoms with Crippen LogP contribution >= 0.6 is 0 Å². The summed E-state index contributed by atoms with van der Waals surface area (Å²) in [4.78, 5) is 35.0. The second kappa shape index (κ2) is 8.70. The van der Waals surface area contributed by atoms with Crippen molar-refractivity contribution in [3.63, 3.8) is 0 Å². The zero-order chi connectivity index (χ0) is 16.7. The third-order valence-corrected chi connectivity index (χ3v) is 3.91. The van der Waals surface area contributed by atoms with Gasteiger partial charge in [0.1, 0.15) is 12.1 Å². The number of amides is 2. The van der Waals surface area contributed by atoms with Crippen molar-refractivity contribution in [3.05, 3.63) is 0 Å². The second-order valence-electron chi connectivity index (χ2n) is 5.76. The Morgan fingerprint density at radius 3 is 2.18 bits per heavy atom. The topological polar surface area (TPSA) is 142 Å². The van der Waals surface area contributed by atoms with Gasteiger partial charge < -0.3 is 26.6 Å². The molecule has 126 valence electrons. The minimum atomic E-state index is -1.20. The molecule has 1 rings (SSSR count). The highest BCUT2D eigenvalue weighted by atomic mass is 16.4. The molecule has 6 N–H and O–H groups in total. The van der Waals surface area contributed by atoms with Crippen LogP contribution in [0.25, 0.3) is 0 Å². The number of carboxylic acids is 1. The summed E-state index contributed by atoms with van der Waals surface area (Å²) in [5.74, 6) is -2.53. The lowest BCUT2D eigenvalue weighted by Gasteiger charge is -2.29. The van der Waals surface area contributed by atoms with Crippen LogP contribution in [0, 0.1) is 5.92 Å². The average Bonchev–Trinajstić information content (AvgIpc) is 2.50. The van der Waals surface area contributed by atoms with Crippen molar-refractivity contribution in [2.24, 2.45) is 11.7 Å². The fourth-order valence-electron chi connectivity index (χ4n) is 2.60. The van der Waals surface area contributed by atoms with Crippen LogP contribution in [0.15, 0.2) is 0 Å². The van der Waals surface area contributed by atoms with Crippen LogP contribution < -0.4 is 16.4 Å². The van der Waals surface area contributed by atoms with Gasteiger partial charge in [0.15, 0.2) is 0 Å². The molecule has 0 saturated heterocycles. The second-order valence-corrected chi connectivity index (χ2v) is 5.76. The van der Waals surface area contributed by atoms with Crippen LogP contribution in [-0.4, -0.2) is 52.7 Å². The molecule has 3 atom stereocenters. The molecule has 8 heteroatoms. The Bertz CT molecular complexity index is 407. The Hall–Kier alpha value is -1.67. The van der Waals surface area contributed by atoms with Gasteiger partial charge in [-0.2, -0.15) is 0 Å². The lowest BCUT2D eigenvalue weighted by molar-refractivity contribution is -0.144. The van der Waals surface area contributed by atoms with Gasteiger partial charge in [-0.25, -0.2) is 4.79 Å². The number of aliphatic hydroxyl groups excluding tert-OH is 1. The predicted octanol–water partition coefficient (Wildman–Crippen LogP) is -1.04. The summed E-state index contributed by atoms with van der Waals surface area (Å²) in [6.07, 6.45) is 4.44. The molecule has 0 aromatic rings. The van der Waals surface area contributed by atoms with Crippen molar-refractivity contribution in [1.82, 2.24) is 10.6 Å². The monoisotopic (exact) mass is 315 g/mol. The molecule has 1 aliphatic rings. The Labute approximate surface area is 129 Å². The SMILES string of the molecule is C[C@H](N)C(=O)N[C@@H](CO)C(=O)N[C@H](C(=O)O)C1CCCCC1. The molecule has 22 heavy (non-hydrogen) atoms. The molecule has 1 saturated carbocycles. The summed E-state index contributed by atoms with van der Waals surface area (Å²) in [5, 5.41) is 23.3. The van der Waals surface area contributed by atoms with E-state index in [-0.39, 0.29) is 5.92 Å². The van der Waals surface area contributed by atoms with Crippen LogP contribution in [0.1, 0.15) is 39.0 Å². The van der Waals surface area contributed by atoms with Crippen LogP contribution in [0.3, 0.4) is 0 Å². The average molecular weight is 315 g/mol. The molecule has 0 spiro atoms. The number of hydrogen-bond acceptors (Lipinski definition) is 5. The highest BCUT2D eigenvalue weighted by molar-refractivity contribution is 5.91. The van der Waals surface area contributed by atoms with E-state index in [1.165, 1.54) is 6.92 Å². The van der Waals surface area contributed by atoms with Gasteiger partial charge in [0.05, 0.1) is 12.6 Å². The number of aliphatic hydroxyl groups is 1. The van der Waals surface area contributed by atoms with E-state index in [2.05, 4.69) is 10.6 Å².